The lowest BCUT2D eigenvalue weighted by Crippen LogP contribution is -2.33. The number of cyclic esters (lactones) is 1. The summed E-state index contributed by atoms with van der Waals surface area (Å²) in [5, 5.41) is 15.0. The molecular formula is C22H21ClFN5O5. The predicted molar refractivity (Wildman–Crippen MR) is 123 cm³/mol. The Morgan fingerprint density at radius 1 is 1.35 bits per heavy atom. The van der Waals surface area contributed by atoms with Crippen LogP contribution in [0.25, 0.3) is 10.9 Å². The Bertz CT molecular complexity index is 1240. The molecule has 0 bridgehead atoms. The zero-order valence-electron chi connectivity index (χ0n) is 18.2. The molecule has 0 spiro atoms. The minimum atomic E-state index is -0.562. The molecule has 2 aromatic carbocycles. The average Bonchev–Trinajstić information content (AvgIpc) is 3.25. The number of nitro groups is 1. The Balaban J connectivity index is 1.49. The molecule has 12 heteroatoms. The lowest BCUT2D eigenvalue weighted by molar-refractivity contribution is -0.385. The lowest BCUT2D eigenvalue weighted by atomic mass is 10.2. The van der Waals surface area contributed by atoms with E-state index in [1.54, 1.807) is 0 Å². The van der Waals surface area contributed by atoms with Crippen LogP contribution in [0.2, 0.25) is 5.02 Å². The second-order valence-electron chi connectivity index (χ2n) is 7.79. The Morgan fingerprint density at radius 2 is 2.18 bits per heavy atom. The van der Waals surface area contributed by atoms with E-state index in [4.69, 9.17) is 21.1 Å². The highest BCUT2D eigenvalue weighted by molar-refractivity contribution is 6.31. The number of carbonyl (C=O) groups is 1. The predicted octanol–water partition coefficient (Wildman–Crippen LogP) is 4.09. The molecule has 1 N–H and O–H groups in total. The van der Waals surface area contributed by atoms with Crippen molar-refractivity contribution < 1.29 is 23.6 Å². The van der Waals surface area contributed by atoms with Gasteiger partial charge in [0.15, 0.2) is 5.75 Å². The fourth-order valence-corrected chi connectivity index (χ4v) is 3.78. The van der Waals surface area contributed by atoms with E-state index >= 15 is 0 Å². The summed E-state index contributed by atoms with van der Waals surface area (Å²) in [5.74, 6) is -0.377. The molecule has 0 radical (unpaired) electrons. The fourth-order valence-electron chi connectivity index (χ4n) is 3.60. The first-order chi connectivity index (χ1) is 16.3. The zero-order chi connectivity index (χ0) is 24.2. The summed E-state index contributed by atoms with van der Waals surface area (Å²) in [6.07, 6.45) is 2.26. The van der Waals surface area contributed by atoms with E-state index in [1.807, 2.05) is 11.9 Å². The molecule has 0 saturated carbocycles. The molecule has 0 amide bonds. The molecule has 1 atom stereocenters. The number of hydrogen-bond donors (Lipinski definition) is 1. The maximum absolute atomic E-state index is 13.4. The van der Waals surface area contributed by atoms with Crippen LogP contribution in [0.3, 0.4) is 0 Å². The number of fused-ring (bicyclic) bond motifs is 1. The summed E-state index contributed by atoms with van der Waals surface area (Å²) < 4.78 is 24.1. The van der Waals surface area contributed by atoms with Gasteiger partial charge in [-0.05, 0) is 31.7 Å². The van der Waals surface area contributed by atoms with Crippen molar-refractivity contribution in [3.05, 3.63) is 57.6 Å². The molecule has 1 fully saturated rings. The number of likely N-dealkylation sites (N-methyl/N-ethyl adjacent to an activating group) is 1. The number of nitro benzene ring substituents is 1. The number of aromatic nitrogens is 2. The van der Waals surface area contributed by atoms with Crippen LogP contribution in [0.15, 0.2) is 36.7 Å². The number of carbonyl (C=O) groups excluding carboxylic acids is 1. The molecule has 1 unspecified atom stereocenters. The fraction of sp³-hybridized carbons (Fsp3) is 0.318. The largest absolute Gasteiger partial charge is 0.487 e. The van der Waals surface area contributed by atoms with Gasteiger partial charge in [-0.2, -0.15) is 0 Å². The molecule has 34 heavy (non-hydrogen) atoms. The smallest absolute Gasteiger partial charge is 0.311 e. The minimum absolute atomic E-state index is 0.0288. The van der Waals surface area contributed by atoms with Crippen LogP contribution in [-0.4, -0.2) is 58.6 Å². The summed E-state index contributed by atoms with van der Waals surface area (Å²) in [7, 11) is 1.89. The van der Waals surface area contributed by atoms with Crippen LogP contribution < -0.4 is 10.1 Å². The number of benzene rings is 2. The van der Waals surface area contributed by atoms with Crippen LogP contribution >= 0.6 is 11.6 Å². The van der Waals surface area contributed by atoms with Crippen molar-refractivity contribution in [1.82, 2.24) is 14.9 Å². The van der Waals surface area contributed by atoms with E-state index in [1.165, 1.54) is 36.7 Å². The number of ether oxygens (including phenoxy) is 2. The van der Waals surface area contributed by atoms with Crippen molar-refractivity contribution in [3.8, 4) is 5.75 Å². The molecule has 3 aromatic rings. The Morgan fingerprint density at radius 3 is 2.88 bits per heavy atom. The summed E-state index contributed by atoms with van der Waals surface area (Å²) in [5.41, 5.74) is 0.670. The van der Waals surface area contributed by atoms with E-state index in [9.17, 15) is 19.3 Å². The monoisotopic (exact) mass is 489 g/mol. The highest BCUT2D eigenvalue weighted by atomic mass is 35.5. The number of halogens is 2. The molecule has 1 saturated heterocycles. The third-order valence-electron chi connectivity index (χ3n) is 5.47. The first-order valence-corrected chi connectivity index (χ1v) is 10.8. The maximum Gasteiger partial charge on any atom is 0.311 e. The Labute approximate surface area is 198 Å². The number of rotatable bonds is 9. The highest BCUT2D eigenvalue weighted by Crippen LogP contribution is 2.35. The second-order valence-corrected chi connectivity index (χ2v) is 8.20. The van der Waals surface area contributed by atoms with Crippen molar-refractivity contribution in [1.29, 1.82) is 0 Å². The number of nitrogens with zero attached hydrogens (tertiary/aromatic N) is 4. The van der Waals surface area contributed by atoms with Gasteiger partial charge in [-0.3, -0.25) is 19.8 Å². The van der Waals surface area contributed by atoms with Gasteiger partial charge in [-0.25, -0.2) is 14.4 Å². The van der Waals surface area contributed by atoms with Gasteiger partial charge in [-0.1, -0.05) is 11.6 Å². The van der Waals surface area contributed by atoms with Crippen LogP contribution in [0.4, 0.5) is 21.6 Å². The minimum Gasteiger partial charge on any atom is -0.487 e. The van der Waals surface area contributed by atoms with Crippen molar-refractivity contribution in [2.45, 2.75) is 18.9 Å². The molecule has 10 nitrogen and oxygen atoms in total. The Hall–Kier alpha value is -3.57. The molecule has 1 aromatic heterocycles. The average molecular weight is 490 g/mol. The first kappa shape index (κ1) is 23.6. The van der Waals surface area contributed by atoms with Crippen LogP contribution in [0, 0.1) is 15.9 Å². The van der Waals surface area contributed by atoms with E-state index in [2.05, 4.69) is 15.3 Å². The molecule has 1 aliphatic heterocycles. The zero-order valence-corrected chi connectivity index (χ0v) is 18.9. The summed E-state index contributed by atoms with van der Waals surface area (Å²) >= 11 is 5.83. The Kier molecular flexibility index (Phi) is 7.03. The third-order valence-corrected chi connectivity index (χ3v) is 5.76. The van der Waals surface area contributed by atoms with E-state index in [-0.39, 0.29) is 35.1 Å². The number of hydrogen-bond acceptors (Lipinski definition) is 9. The second kappa shape index (κ2) is 10.1. The molecule has 4 rings (SSSR count). The SMILES string of the molecule is CN(CCCOc1cc2ncnc(Nc3ccc(F)c(Cl)c3)c2cc1[N+](=O)[O-])C1COC(=O)C1. The summed E-state index contributed by atoms with van der Waals surface area (Å²) in [6, 6.07) is 6.93. The van der Waals surface area contributed by atoms with Crippen LogP contribution in [-0.2, 0) is 9.53 Å². The van der Waals surface area contributed by atoms with Gasteiger partial charge < -0.3 is 14.8 Å². The summed E-state index contributed by atoms with van der Waals surface area (Å²) in [6.45, 7) is 1.24. The highest BCUT2D eigenvalue weighted by Gasteiger charge is 2.27. The standard InChI is InChI=1S/C22H21ClFN5O5/c1-28(14-8-21(30)34-11-14)5-2-6-33-20-10-18-15(9-19(20)29(31)32)22(26-12-25-18)27-13-3-4-17(24)16(23)7-13/h3-4,7,9-10,12,14H,2,5-6,8,11H2,1H3,(H,25,26,27). The van der Waals surface area contributed by atoms with Crippen molar-refractivity contribution in [2.24, 2.45) is 0 Å². The summed E-state index contributed by atoms with van der Waals surface area (Å²) in [4.78, 5) is 32.8. The molecule has 2 heterocycles. The molecule has 0 aliphatic carbocycles. The molecular weight excluding hydrogens is 469 g/mol. The quantitative estimate of drug-likeness (QED) is 0.205. The van der Waals surface area contributed by atoms with Gasteiger partial charge in [0, 0.05) is 24.4 Å². The van der Waals surface area contributed by atoms with Gasteiger partial charge in [0.05, 0.1) is 39.9 Å². The van der Waals surface area contributed by atoms with Crippen molar-refractivity contribution in [3.63, 3.8) is 0 Å². The van der Waals surface area contributed by atoms with Gasteiger partial charge in [0.25, 0.3) is 0 Å². The molecule has 178 valence electrons. The van der Waals surface area contributed by atoms with Gasteiger partial charge in [0.1, 0.15) is 24.6 Å². The number of nitrogens with one attached hydrogen (secondary N) is 1. The normalized spacial score (nSPS) is 15.5. The topological polar surface area (TPSA) is 120 Å². The van der Waals surface area contributed by atoms with E-state index in [0.29, 0.717) is 48.4 Å². The maximum atomic E-state index is 13.4. The van der Waals surface area contributed by atoms with E-state index in [0.717, 1.165) is 0 Å². The number of anilines is 2. The van der Waals surface area contributed by atoms with E-state index < -0.39 is 10.7 Å². The first-order valence-electron chi connectivity index (χ1n) is 10.5. The lowest BCUT2D eigenvalue weighted by Gasteiger charge is -2.21. The van der Waals surface area contributed by atoms with Crippen molar-refractivity contribution in [2.75, 3.05) is 32.1 Å². The van der Waals surface area contributed by atoms with Gasteiger partial charge >= 0.3 is 11.7 Å². The van der Waals surface area contributed by atoms with Gasteiger partial charge in [0.2, 0.25) is 0 Å². The third kappa shape index (κ3) is 5.32. The van der Waals surface area contributed by atoms with Gasteiger partial charge in [-0.15, -0.1) is 0 Å². The van der Waals surface area contributed by atoms with Crippen molar-refractivity contribution >= 4 is 45.7 Å². The van der Waals surface area contributed by atoms with Crippen LogP contribution in [0.1, 0.15) is 12.8 Å². The molecule has 1 aliphatic rings. The number of esters is 1. The van der Waals surface area contributed by atoms with Crippen LogP contribution in [0.5, 0.6) is 5.75 Å².